The Bertz CT molecular complexity index is 560. The van der Waals surface area contributed by atoms with Crippen molar-refractivity contribution in [2.75, 3.05) is 7.11 Å². The van der Waals surface area contributed by atoms with E-state index < -0.39 is 17.7 Å². The predicted molar refractivity (Wildman–Crippen MR) is 73.6 cm³/mol. The number of aryl methyl sites for hydroxylation is 2. The molecule has 1 aliphatic rings. The van der Waals surface area contributed by atoms with Gasteiger partial charge in [-0.25, -0.2) is 4.79 Å². The highest BCUT2D eigenvalue weighted by atomic mass is 16.5. The summed E-state index contributed by atoms with van der Waals surface area (Å²) in [6.45, 7) is 2.11. The summed E-state index contributed by atoms with van der Waals surface area (Å²) in [7, 11) is 1.15. The predicted octanol–water partition coefficient (Wildman–Crippen LogP) is 2.13. The Balaban J connectivity index is 2.26. The number of methoxy groups -OCH3 is 1. The standard InChI is InChI=1S/C16H18O4/c1-3-4-10-5-7-12-11(9-10)6-8-13(14(12)17)15(18)16(19)20-2/h5,7,9,13H,3-4,6,8H2,1-2H3. The number of fused-ring (bicyclic) bond motifs is 1. The van der Waals surface area contributed by atoms with E-state index in [1.807, 2.05) is 12.1 Å². The minimum Gasteiger partial charge on any atom is -0.463 e. The molecule has 1 aromatic carbocycles. The zero-order valence-electron chi connectivity index (χ0n) is 11.8. The average molecular weight is 274 g/mol. The van der Waals surface area contributed by atoms with Gasteiger partial charge in [-0.05, 0) is 30.4 Å². The van der Waals surface area contributed by atoms with Crippen molar-refractivity contribution in [3.63, 3.8) is 0 Å². The van der Waals surface area contributed by atoms with Gasteiger partial charge < -0.3 is 4.74 Å². The SMILES string of the molecule is CCCc1ccc2c(c1)CCC(C(=O)C(=O)OC)C2=O. The molecule has 0 amide bonds. The van der Waals surface area contributed by atoms with Crippen molar-refractivity contribution in [1.82, 2.24) is 0 Å². The molecule has 1 unspecified atom stereocenters. The molecular weight excluding hydrogens is 256 g/mol. The first-order chi connectivity index (χ1) is 9.58. The van der Waals surface area contributed by atoms with Gasteiger partial charge in [0.15, 0.2) is 5.78 Å². The van der Waals surface area contributed by atoms with Crippen LogP contribution in [0.2, 0.25) is 0 Å². The summed E-state index contributed by atoms with van der Waals surface area (Å²) >= 11 is 0. The molecule has 4 nitrogen and oxygen atoms in total. The molecule has 0 fully saturated rings. The van der Waals surface area contributed by atoms with E-state index in [9.17, 15) is 14.4 Å². The highest BCUT2D eigenvalue weighted by molar-refractivity contribution is 6.39. The van der Waals surface area contributed by atoms with Crippen molar-refractivity contribution in [2.24, 2.45) is 5.92 Å². The number of Topliss-reactive ketones (excluding diaryl/α,β-unsaturated/α-hetero) is 2. The molecule has 0 aromatic heterocycles. The van der Waals surface area contributed by atoms with Gasteiger partial charge in [-0.2, -0.15) is 0 Å². The number of ether oxygens (including phenoxy) is 1. The molecule has 0 saturated heterocycles. The number of hydrogen-bond acceptors (Lipinski definition) is 4. The third-order valence-electron chi connectivity index (χ3n) is 3.70. The second-order valence-corrected chi connectivity index (χ2v) is 5.05. The van der Waals surface area contributed by atoms with Crippen molar-refractivity contribution < 1.29 is 19.1 Å². The van der Waals surface area contributed by atoms with Crippen LogP contribution >= 0.6 is 0 Å². The van der Waals surface area contributed by atoms with Gasteiger partial charge in [-0.3, -0.25) is 9.59 Å². The Morgan fingerprint density at radius 3 is 2.75 bits per heavy atom. The maximum absolute atomic E-state index is 12.3. The molecule has 0 saturated carbocycles. The van der Waals surface area contributed by atoms with Crippen molar-refractivity contribution >= 4 is 17.5 Å². The lowest BCUT2D eigenvalue weighted by molar-refractivity contribution is -0.153. The van der Waals surface area contributed by atoms with E-state index in [0.29, 0.717) is 18.4 Å². The second kappa shape index (κ2) is 5.99. The number of esters is 1. The zero-order chi connectivity index (χ0) is 14.7. The molecule has 0 spiro atoms. The first kappa shape index (κ1) is 14.4. The minimum absolute atomic E-state index is 0.260. The van der Waals surface area contributed by atoms with Crippen LogP contribution in [0, 0.1) is 5.92 Å². The quantitative estimate of drug-likeness (QED) is 0.479. The molecule has 1 aromatic rings. The van der Waals surface area contributed by atoms with Gasteiger partial charge in [0.25, 0.3) is 5.78 Å². The summed E-state index contributed by atoms with van der Waals surface area (Å²) in [6, 6.07) is 5.74. The summed E-state index contributed by atoms with van der Waals surface area (Å²) in [5, 5.41) is 0. The van der Waals surface area contributed by atoms with Crippen LogP contribution in [0.25, 0.3) is 0 Å². The Labute approximate surface area is 118 Å². The Morgan fingerprint density at radius 1 is 1.35 bits per heavy atom. The third-order valence-corrected chi connectivity index (χ3v) is 3.70. The number of carbonyl (C=O) groups excluding carboxylic acids is 3. The average Bonchev–Trinajstić information content (AvgIpc) is 2.46. The molecule has 106 valence electrons. The normalized spacial score (nSPS) is 17.5. The van der Waals surface area contributed by atoms with Crippen LogP contribution in [0.5, 0.6) is 0 Å². The van der Waals surface area contributed by atoms with Crippen LogP contribution in [0.15, 0.2) is 18.2 Å². The van der Waals surface area contributed by atoms with Gasteiger partial charge >= 0.3 is 5.97 Å². The number of hydrogen-bond donors (Lipinski definition) is 0. The van der Waals surface area contributed by atoms with E-state index in [4.69, 9.17) is 0 Å². The molecule has 4 heteroatoms. The smallest absolute Gasteiger partial charge is 0.375 e. The van der Waals surface area contributed by atoms with Gasteiger partial charge in [0, 0.05) is 5.56 Å². The number of rotatable bonds is 4. The Morgan fingerprint density at radius 2 is 2.10 bits per heavy atom. The summed E-state index contributed by atoms with van der Waals surface area (Å²) < 4.78 is 4.41. The molecule has 1 aliphatic carbocycles. The maximum Gasteiger partial charge on any atom is 0.375 e. The largest absolute Gasteiger partial charge is 0.463 e. The molecule has 20 heavy (non-hydrogen) atoms. The number of benzene rings is 1. The van der Waals surface area contributed by atoms with Crippen molar-refractivity contribution in [1.29, 1.82) is 0 Å². The van der Waals surface area contributed by atoms with Crippen LogP contribution in [0.1, 0.15) is 41.3 Å². The molecule has 0 N–H and O–H groups in total. The number of carbonyl (C=O) groups is 3. The lowest BCUT2D eigenvalue weighted by Gasteiger charge is -2.22. The molecule has 0 aliphatic heterocycles. The van der Waals surface area contributed by atoms with E-state index in [0.717, 1.165) is 25.5 Å². The molecular formula is C16H18O4. The van der Waals surface area contributed by atoms with Crippen molar-refractivity contribution in [3.8, 4) is 0 Å². The first-order valence-electron chi connectivity index (χ1n) is 6.86. The highest BCUT2D eigenvalue weighted by Crippen LogP contribution is 2.27. The van der Waals surface area contributed by atoms with Crippen LogP contribution in [-0.4, -0.2) is 24.6 Å². The lowest BCUT2D eigenvalue weighted by Crippen LogP contribution is -2.34. The minimum atomic E-state index is -0.936. The summed E-state index contributed by atoms with van der Waals surface area (Å²) in [4.78, 5) is 35.4. The Hall–Kier alpha value is -1.97. The maximum atomic E-state index is 12.3. The van der Waals surface area contributed by atoms with E-state index in [1.54, 1.807) is 6.07 Å². The highest BCUT2D eigenvalue weighted by Gasteiger charge is 2.36. The first-order valence-corrected chi connectivity index (χ1v) is 6.86. The summed E-state index contributed by atoms with van der Waals surface area (Å²) in [6.07, 6.45) is 3.06. The van der Waals surface area contributed by atoms with E-state index in [-0.39, 0.29) is 5.78 Å². The molecule has 0 heterocycles. The topological polar surface area (TPSA) is 60.4 Å². The second-order valence-electron chi connectivity index (χ2n) is 5.05. The van der Waals surface area contributed by atoms with Gasteiger partial charge in [0.05, 0.1) is 13.0 Å². The van der Waals surface area contributed by atoms with Crippen molar-refractivity contribution in [2.45, 2.75) is 32.6 Å². The van der Waals surface area contributed by atoms with Gasteiger partial charge in [0.1, 0.15) is 0 Å². The summed E-state index contributed by atoms with van der Waals surface area (Å²) in [5.41, 5.74) is 2.75. The Kier molecular flexibility index (Phi) is 4.32. The molecule has 1 atom stereocenters. The van der Waals surface area contributed by atoms with Crippen LogP contribution in [-0.2, 0) is 27.2 Å². The number of ketones is 2. The van der Waals surface area contributed by atoms with Crippen molar-refractivity contribution in [3.05, 3.63) is 34.9 Å². The van der Waals surface area contributed by atoms with Gasteiger partial charge in [-0.1, -0.05) is 31.5 Å². The van der Waals surface area contributed by atoms with Crippen LogP contribution < -0.4 is 0 Å². The van der Waals surface area contributed by atoms with E-state index in [2.05, 4.69) is 11.7 Å². The summed E-state index contributed by atoms with van der Waals surface area (Å²) in [5.74, 6) is -2.81. The third kappa shape index (κ3) is 2.64. The fourth-order valence-corrected chi connectivity index (χ4v) is 2.65. The van der Waals surface area contributed by atoms with E-state index >= 15 is 0 Å². The van der Waals surface area contributed by atoms with Crippen LogP contribution in [0.4, 0.5) is 0 Å². The fraction of sp³-hybridized carbons (Fsp3) is 0.438. The van der Waals surface area contributed by atoms with Gasteiger partial charge in [0.2, 0.25) is 0 Å². The molecule has 0 bridgehead atoms. The molecule has 2 rings (SSSR count). The molecule has 0 radical (unpaired) electrons. The lowest BCUT2D eigenvalue weighted by atomic mass is 9.80. The fourth-order valence-electron chi connectivity index (χ4n) is 2.65. The monoisotopic (exact) mass is 274 g/mol. The zero-order valence-corrected chi connectivity index (χ0v) is 11.8. The van der Waals surface area contributed by atoms with Crippen LogP contribution in [0.3, 0.4) is 0 Å². The van der Waals surface area contributed by atoms with Gasteiger partial charge in [-0.15, -0.1) is 0 Å². The van der Waals surface area contributed by atoms with E-state index in [1.165, 1.54) is 5.56 Å².